The second-order valence-corrected chi connectivity index (χ2v) is 4.34. The molecule has 2 amide bonds. The lowest BCUT2D eigenvalue weighted by atomic mass is 10.2. The Labute approximate surface area is 110 Å². The van der Waals surface area contributed by atoms with Crippen molar-refractivity contribution in [2.75, 3.05) is 6.54 Å². The molecule has 2 rings (SSSR count). The van der Waals surface area contributed by atoms with E-state index in [1.165, 1.54) is 0 Å². The minimum Gasteiger partial charge on any atom is -0.444 e. The zero-order valence-electron chi connectivity index (χ0n) is 10.3. The summed E-state index contributed by atoms with van der Waals surface area (Å²) in [5.41, 5.74) is 0.827. The molecule has 1 aliphatic rings. The number of nitrogens with one attached hydrogen (secondary N) is 2. The average Bonchev–Trinajstić information content (AvgIpc) is 2.84. The second-order valence-electron chi connectivity index (χ2n) is 4.34. The van der Waals surface area contributed by atoms with Gasteiger partial charge >= 0.3 is 6.09 Å². The number of alkyl halides is 1. The van der Waals surface area contributed by atoms with Gasteiger partial charge in [0.15, 0.2) is 0 Å². The van der Waals surface area contributed by atoms with Crippen molar-refractivity contribution in [2.24, 2.45) is 0 Å². The Hall–Kier alpha value is -1.95. The van der Waals surface area contributed by atoms with Crippen molar-refractivity contribution in [3.8, 4) is 0 Å². The molecule has 102 valence electrons. The topological polar surface area (TPSA) is 67.4 Å². The predicted molar refractivity (Wildman–Crippen MR) is 66.1 cm³/mol. The van der Waals surface area contributed by atoms with Crippen LogP contribution in [-0.4, -0.2) is 30.8 Å². The van der Waals surface area contributed by atoms with Gasteiger partial charge in [-0.3, -0.25) is 10.1 Å². The van der Waals surface area contributed by atoms with Crippen LogP contribution in [-0.2, 0) is 16.1 Å². The molecule has 1 aromatic rings. The van der Waals surface area contributed by atoms with Crippen molar-refractivity contribution < 1.29 is 18.7 Å². The van der Waals surface area contributed by atoms with Crippen LogP contribution in [0.15, 0.2) is 30.3 Å². The highest BCUT2D eigenvalue weighted by Crippen LogP contribution is 2.09. The maximum Gasteiger partial charge on any atom is 0.414 e. The molecular weight excluding hydrogens is 251 g/mol. The van der Waals surface area contributed by atoms with E-state index in [2.05, 4.69) is 10.6 Å². The molecule has 19 heavy (non-hydrogen) atoms. The first-order chi connectivity index (χ1) is 9.15. The van der Waals surface area contributed by atoms with E-state index in [1.54, 1.807) is 12.1 Å². The first kappa shape index (κ1) is 13.5. The Balaban J connectivity index is 1.74. The van der Waals surface area contributed by atoms with Crippen LogP contribution in [0.25, 0.3) is 0 Å². The van der Waals surface area contributed by atoms with Crippen LogP contribution in [0.2, 0.25) is 0 Å². The molecule has 0 radical (unpaired) electrons. The fraction of sp³-hybridized carbons (Fsp3) is 0.385. The van der Waals surface area contributed by atoms with E-state index in [4.69, 9.17) is 4.74 Å². The van der Waals surface area contributed by atoms with Crippen molar-refractivity contribution >= 4 is 12.0 Å². The number of hydrogen-bond acceptors (Lipinski definition) is 4. The van der Waals surface area contributed by atoms with Crippen LogP contribution in [0.5, 0.6) is 0 Å². The molecule has 1 fully saturated rings. The summed E-state index contributed by atoms with van der Waals surface area (Å²) in [6.45, 7) is 0.223. The number of halogens is 1. The third kappa shape index (κ3) is 4.03. The van der Waals surface area contributed by atoms with Gasteiger partial charge in [0, 0.05) is 13.0 Å². The normalized spacial score (nSPS) is 21.9. The smallest absolute Gasteiger partial charge is 0.414 e. The first-order valence-corrected chi connectivity index (χ1v) is 6.04. The first-order valence-electron chi connectivity index (χ1n) is 6.04. The van der Waals surface area contributed by atoms with E-state index < -0.39 is 24.2 Å². The second kappa shape index (κ2) is 6.29. The Bertz CT molecular complexity index is 452. The number of benzene rings is 1. The van der Waals surface area contributed by atoms with Gasteiger partial charge in [-0.2, -0.15) is 0 Å². The van der Waals surface area contributed by atoms with E-state index in [9.17, 15) is 14.0 Å². The lowest BCUT2D eigenvalue weighted by Gasteiger charge is -2.10. The molecule has 1 unspecified atom stereocenters. The molecule has 2 N–H and O–H groups in total. The molecule has 0 spiro atoms. The third-order valence-corrected chi connectivity index (χ3v) is 2.83. The highest BCUT2D eigenvalue weighted by molar-refractivity contribution is 5.95. The molecule has 1 saturated heterocycles. The van der Waals surface area contributed by atoms with Gasteiger partial charge in [0.05, 0.1) is 6.04 Å². The summed E-state index contributed by atoms with van der Waals surface area (Å²) in [4.78, 5) is 23.0. The van der Waals surface area contributed by atoms with Crippen molar-refractivity contribution in [2.45, 2.75) is 25.2 Å². The largest absolute Gasteiger partial charge is 0.444 e. The number of amides is 2. The molecule has 5 nitrogen and oxygen atoms in total. The standard InChI is InChI=1S/C13H15FN2O3/c14-10-6-11(15-7-10)12(17)16-13(18)19-8-9-4-2-1-3-5-9/h1-5,10-11,15H,6-8H2,(H,16,17,18)/t10?,11-/m0/s1. The lowest BCUT2D eigenvalue weighted by molar-refractivity contribution is -0.122. The maximum absolute atomic E-state index is 12.9. The highest BCUT2D eigenvalue weighted by atomic mass is 19.1. The molecule has 0 saturated carbocycles. The molecule has 0 aromatic heterocycles. The van der Waals surface area contributed by atoms with Gasteiger partial charge in [-0.05, 0) is 5.56 Å². The van der Waals surface area contributed by atoms with Crippen molar-refractivity contribution in [3.63, 3.8) is 0 Å². The van der Waals surface area contributed by atoms with Crippen LogP contribution in [0.3, 0.4) is 0 Å². The number of imide groups is 1. The Kier molecular flexibility index (Phi) is 4.46. The maximum atomic E-state index is 12.9. The molecular formula is C13H15FN2O3. The van der Waals surface area contributed by atoms with E-state index in [-0.39, 0.29) is 19.6 Å². The van der Waals surface area contributed by atoms with Gasteiger partial charge in [0.1, 0.15) is 12.8 Å². The summed E-state index contributed by atoms with van der Waals surface area (Å²) in [5.74, 6) is -0.557. The van der Waals surface area contributed by atoms with Crippen LogP contribution >= 0.6 is 0 Å². The van der Waals surface area contributed by atoms with E-state index in [1.807, 2.05) is 18.2 Å². The van der Waals surface area contributed by atoms with Crippen molar-refractivity contribution in [1.29, 1.82) is 0 Å². The number of carbonyl (C=O) groups excluding carboxylic acids is 2. The highest BCUT2D eigenvalue weighted by Gasteiger charge is 2.30. The zero-order valence-corrected chi connectivity index (χ0v) is 10.3. The molecule has 1 aromatic carbocycles. The zero-order chi connectivity index (χ0) is 13.7. The van der Waals surface area contributed by atoms with Crippen molar-refractivity contribution in [1.82, 2.24) is 10.6 Å². The van der Waals surface area contributed by atoms with Gasteiger partial charge in [-0.15, -0.1) is 0 Å². The van der Waals surface area contributed by atoms with Crippen molar-refractivity contribution in [3.05, 3.63) is 35.9 Å². The third-order valence-electron chi connectivity index (χ3n) is 2.83. The number of rotatable bonds is 3. The SMILES string of the molecule is O=C(NC(=O)[C@@H]1CC(F)CN1)OCc1ccccc1. The summed E-state index contributed by atoms with van der Waals surface area (Å²) in [5, 5.41) is 4.77. The summed E-state index contributed by atoms with van der Waals surface area (Å²) >= 11 is 0. The van der Waals surface area contributed by atoms with E-state index in [0.29, 0.717) is 0 Å². The van der Waals surface area contributed by atoms with Crippen LogP contribution in [0, 0.1) is 0 Å². The van der Waals surface area contributed by atoms with Crippen LogP contribution in [0.1, 0.15) is 12.0 Å². The van der Waals surface area contributed by atoms with Gasteiger partial charge in [-0.25, -0.2) is 9.18 Å². The van der Waals surface area contributed by atoms with Crippen LogP contribution in [0.4, 0.5) is 9.18 Å². The fourth-order valence-electron chi connectivity index (χ4n) is 1.84. The molecule has 6 heteroatoms. The van der Waals surface area contributed by atoms with Crippen LogP contribution < -0.4 is 10.6 Å². The minimum absolute atomic E-state index is 0.0811. The summed E-state index contributed by atoms with van der Waals surface area (Å²) < 4.78 is 17.8. The van der Waals surface area contributed by atoms with Gasteiger partial charge < -0.3 is 10.1 Å². The summed E-state index contributed by atoms with van der Waals surface area (Å²) in [6, 6.07) is 8.45. The molecule has 1 heterocycles. The summed E-state index contributed by atoms with van der Waals surface area (Å²) in [7, 11) is 0. The Morgan fingerprint density at radius 2 is 2.11 bits per heavy atom. The number of hydrogen-bond donors (Lipinski definition) is 2. The number of alkyl carbamates (subject to hydrolysis) is 1. The van der Waals surface area contributed by atoms with E-state index >= 15 is 0 Å². The average molecular weight is 266 g/mol. The molecule has 1 aliphatic heterocycles. The molecule has 0 aliphatic carbocycles. The Morgan fingerprint density at radius 3 is 2.74 bits per heavy atom. The molecule has 0 bridgehead atoms. The number of carbonyl (C=O) groups is 2. The fourth-order valence-corrected chi connectivity index (χ4v) is 1.84. The van der Waals surface area contributed by atoms with Gasteiger partial charge in [-0.1, -0.05) is 30.3 Å². The van der Waals surface area contributed by atoms with E-state index in [0.717, 1.165) is 5.56 Å². The Morgan fingerprint density at radius 1 is 1.37 bits per heavy atom. The summed E-state index contributed by atoms with van der Waals surface area (Å²) in [6.07, 6.45) is -1.79. The predicted octanol–water partition coefficient (Wildman–Crippen LogP) is 1.14. The lowest BCUT2D eigenvalue weighted by Crippen LogP contribution is -2.43. The monoisotopic (exact) mass is 266 g/mol. The minimum atomic E-state index is -1.05. The number of ether oxygens (including phenoxy) is 1. The quantitative estimate of drug-likeness (QED) is 0.861. The van der Waals surface area contributed by atoms with Gasteiger partial charge in [0.2, 0.25) is 5.91 Å². The van der Waals surface area contributed by atoms with Gasteiger partial charge in [0.25, 0.3) is 0 Å². The molecule has 2 atom stereocenters.